The molecular formula is C20H20N4O3. The van der Waals surface area contributed by atoms with Crippen molar-refractivity contribution in [2.75, 3.05) is 11.9 Å². The number of carbonyl (C=O) groups excluding carboxylic acids is 2. The molecule has 7 nitrogen and oxygen atoms in total. The molecule has 0 bridgehead atoms. The summed E-state index contributed by atoms with van der Waals surface area (Å²) in [6.07, 6.45) is 2.98. The molecule has 0 aliphatic carbocycles. The summed E-state index contributed by atoms with van der Waals surface area (Å²) in [6, 6.07) is 13.7. The van der Waals surface area contributed by atoms with E-state index in [1.165, 1.54) is 6.08 Å². The second-order valence-electron chi connectivity index (χ2n) is 5.78. The maximum absolute atomic E-state index is 12.0. The molecule has 2 aromatic carbocycles. The minimum absolute atomic E-state index is 0.247. The average molecular weight is 364 g/mol. The molecule has 7 heteroatoms. The fourth-order valence-corrected chi connectivity index (χ4v) is 2.58. The summed E-state index contributed by atoms with van der Waals surface area (Å²) < 4.78 is 5.36. The van der Waals surface area contributed by atoms with Gasteiger partial charge in [0.15, 0.2) is 0 Å². The number of amides is 3. The highest BCUT2D eigenvalue weighted by atomic mass is 16.5. The highest BCUT2D eigenvalue weighted by Gasteiger charge is 2.08. The van der Waals surface area contributed by atoms with E-state index in [0.717, 1.165) is 16.7 Å². The van der Waals surface area contributed by atoms with Gasteiger partial charge in [0.25, 0.3) is 5.91 Å². The van der Waals surface area contributed by atoms with Crippen LogP contribution in [-0.2, 0) is 4.79 Å². The fraction of sp³-hybridized carbons (Fsp3) is 0.100. The highest BCUT2D eigenvalue weighted by Crippen LogP contribution is 2.18. The first-order chi connectivity index (χ1) is 13.0. The van der Waals surface area contributed by atoms with E-state index in [-0.39, 0.29) is 5.70 Å². The number of hydrogen-bond donors (Lipinski definition) is 4. The number of H-pyrrole nitrogens is 1. The van der Waals surface area contributed by atoms with Crippen LogP contribution in [0.3, 0.4) is 0 Å². The predicted octanol–water partition coefficient (Wildman–Crippen LogP) is 3.21. The third-order valence-corrected chi connectivity index (χ3v) is 3.83. The van der Waals surface area contributed by atoms with Gasteiger partial charge < -0.3 is 20.8 Å². The van der Waals surface area contributed by atoms with Gasteiger partial charge in [-0.3, -0.25) is 10.1 Å². The zero-order chi connectivity index (χ0) is 19.2. The Balaban J connectivity index is 1.59. The highest BCUT2D eigenvalue weighted by molar-refractivity contribution is 6.07. The van der Waals surface area contributed by atoms with Gasteiger partial charge in [-0.15, -0.1) is 0 Å². The first-order valence-corrected chi connectivity index (χ1v) is 8.44. The van der Waals surface area contributed by atoms with E-state index >= 15 is 0 Å². The summed E-state index contributed by atoms with van der Waals surface area (Å²) in [6.45, 7) is 2.47. The Morgan fingerprint density at radius 3 is 2.67 bits per heavy atom. The monoisotopic (exact) mass is 364 g/mol. The molecular weight excluding hydrogens is 344 g/mol. The number of imide groups is 1. The van der Waals surface area contributed by atoms with E-state index in [1.54, 1.807) is 36.4 Å². The Labute approximate surface area is 156 Å². The topological polar surface area (TPSA) is 109 Å². The molecule has 0 spiro atoms. The van der Waals surface area contributed by atoms with Gasteiger partial charge in [-0.2, -0.15) is 0 Å². The largest absolute Gasteiger partial charge is 0.494 e. The van der Waals surface area contributed by atoms with Crippen molar-refractivity contribution in [3.8, 4) is 5.75 Å². The van der Waals surface area contributed by atoms with Crippen molar-refractivity contribution in [3.63, 3.8) is 0 Å². The molecule has 1 aromatic heterocycles. The number of rotatable bonds is 5. The SMILES string of the molecule is CCOc1ccc(C(N)=CC(=O)NC(=O)Nc2ccc3[nH]ccc3c2)cc1. The van der Waals surface area contributed by atoms with E-state index in [4.69, 9.17) is 10.5 Å². The number of aromatic amines is 1. The van der Waals surface area contributed by atoms with Crippen molar-refractivity contribution in [1.82, 2.24) is 10.3 Å². The van der Waals surface area contributed by atoms with Crippen molar-refractivity contribution >= 4 is 34.2 Å². The van der Waals surface area contributed by atoms with Crippen LogP contribution >= 0.6 is 0 Å². The zero-order valence-electron chi connectivity index (χ0n) is 14.8. The summed E-state index contributed by atoms with van der Waals surface area (Å²) >= 11 is 0. The third kappa shape index (κ3) is 4.66. The Bertz CT molecular complexity index is 990. The molecule has 0 saturated carbocycles. The van der Waals surface area contributed by atoms with E-state index in [9.17, 15) is 9.59 Å². The van der Waals surface area contributed by atoms with E-state index in [0.29, 0.717) is 17.9 Å². The predicted molar refractivity (Wildman–Crippen MR) is 105 cm³/mol. The van der Waals surface area contributed by atoms with Crippen LogP contribution in [0.25, 0.3) is 16.6 Å². The van der Waals surface area contributed by atoms with E-state index < -0.39 is 11.9 Å². The van der Waals surface area contributed by atoms with Crippen LogP contribution in [-0.4, -0.2) is 23.5 Å². The third-order valence-electron chi connectivity index (χ3n) is 3.83. The lowest BCUT2D eigenvalue weighted by atomic mass is 10.1. The fourth-order valence-electron chi connectivity index (χ4n) is 2.58. The summed E-state index contributed by atoms with van der Waals surface area (Å²) in [7, 11) is 0. The summed E-state index contributed by atoms with van der Waals surface area (Å²) in [5, 5.41) is 5.80. The first kappa shape index (κ1) is 18.1. The van der Waals surface area contributed by atoms with Gasteiger partial charge in [-0.25, -0.2) is 4.79 Å². The number of ether oxygens (including phenoxy) is 1. The second kappa shape index (κ2) is 8.09. The van der Waals surface area contributed by atoms with Crippen molar-refractivity contribution in [2.24, 2.45) is 5.73 Å². The number of fused-ring (bicyclic) bond motifs is 1. The van der Waals surface area contributed by atoms with Crippen LogP contribution in [0.1, 0.15) is 12.5 Å². The van der Waals surface area contributed by atoms with Crippen LogP contribution in [0.15, 0.2) is 60.8 Å². The number of hydrogen-bond acceptors (Lipinski definition) is 4. The molecule has 5 N–H and O–H groups in total. The number of carbonyl (C=O) groups is 2. The van der Waals surface area contributed by atoms with Gasteiger partial charge in [0.05, 0.1) is 6.61 Å². The molecule has 0 saturated heterocycles. The maximum Gasteiger partial charge on any atom is 0.326 e. The molecule has 3 amide bonds. The van der Waals surface area contributed by atoms with Gasteiger partial charge in [0, 0.05) is 34.6 Å². The summed E-state index contributed by atoms with van der Waals surface area (Å²) in [4.78, 5) is 27.1. The Morgan fingerprint density at radius 1 is 1.15 bits per heavy atom. The quantitative estimate of drug-likeness (QED) is 0.521. The van der Waals surface area contributed by atoms with Gasteiger partial charge in [0.1, 0.15) is 5.75 Å². The zero-order valence-corrected chi connectivity index (χ0v) is 14.8. The molecule has 0 aliphatic rings. The number of benzene rings is 2. The van der Waals surface area contributed by atoms with Crippen LogP contribution in [0.2, 0.25) is 0 Å². The molecule has 27 heavy (non-hydrogen) atoms. The van der Waals surface area contributed by atoms with Crippen LogP contribution in [0.5, 0.6) is 5.75 Å². The first-order valence-electron chi connectivity index (χ1n) is 8.44. The van der Waals surface area contributed by atoms with Crippen LogP contribution < -0.4 is 21.1 Å². The van der Waals surface area contributed by atoms with E-state index in [1.807, 2.05) is 25.3 Å². The number of aromatic nitrogens is 1. The molecule has 1 heterocycles. The Morgan fingerprint density at radius 2 is 1.93 bits per heavy atom. The number of anilines is 1. The molecule has 0 fully saturated rings. The van der Waals surface area contributed by atoms with Crippen molar-refractivity contribution in [2.45, 2.75) is 6.92 Å². The number of urea groups is 1. The van der Waals surface area contributed by atoms with Crippen molar-refractivity contribution in [3.05, 3.63) is 66.4 Å². The summed E-state index contributed by atoms with van der Waals surface area (Å²) in [5.74, 6) is 0.110. The average Bonchev–Trinajstić information content (AvgIpc) is 3.10. The lowest BCUT2D eigenvalue weighted by Gasteiger charge is -2.07. The smallest absolute Gasteiger partial charge is 0.326 e. The number of nitrogens with one attached hydrogen (secondary N) is 3. The van der Waals surface area contributed by atoms with Crippen molar-refractivity contribution < 1.29 is 14.3 Å². The minimum atomic E-state index is -0.634. The molecule has 0 aliphatic heterocycles. The second-order valence-corrected chi connectivity index (χ2v) is 5.78. The standard InChI is InChI=1S/C20H20N4O3/c1-2-27-16-6-3-13(4-7-16)17(21)12-19(25)24-20(26)23-15-5-8-18-14(11-15)9-10-22-18/h3-12,22H,2,21H2,1H3,(H2,23,24,25,26). The lowest BCUT2D eigenvalue weighted by Crippen LogP contribution is -2.33. The Hall–Kier alpha value is -3.74. The Kier molecular flexibility index (Phi) is 5.41. The van der Waals surface area contributed by atoms with Gasteiger partial charge in [0.2, 0.25) is 0 Å². The van der Waals surface area contributed by atoms with Crippen LogP contribution in [0.4, 0.5) is 10.5 Å². The van der Waals surface area contributed by atoms with Crippen LogP contribution in [0, 0.1) is 0 Å². The molecule has 0 unspecified atom stereocenters. The molecule has 0 atom stereocenters. The van der Waals surface area contributed by atoms with Gasteiger partial charge >= 0.3 is 6.03 Å². The minimum Gasteiger partial charge on any atom is -0.494 e. The molecule has 0 radical (unpaired) electrons. The summed E-state index contributed by atoms with van der Waals surface area (Å²) in [5.41, 5.74) is 8.37. The van der Waals surface area contributed by atoms with Crippen molar-refractivity contribution in [1.29, 1.82) is 0 Å². The number of nitrogens with two attached hydrogens (primary N) is 1. The maximum atomic E-state index is 12.0. The van der Waals surface area contributed by atoms with E-state index in [2.05, 4.69) is 15.6 Å². The normalized spacial score (nSPS) is 11.2. The molecule has 3 rings (SSSR count). The lowest BCUT2D eigenvalue weighted by molar-refractivity contribution is -0.115. The molecule has 3 aromatic rings. The molecule has 138 valence electrons. The van der Waals surface area contributed by atoms with Gasteiger partial charge in [-0.1, -0.05) is 0 Å². The van der Waals surface area contributed by atoms with Gasteiger partial charge in [-0.05, 0) is 61.0 Å².